The minimum Gasteiger partial charge on any atom is -0.480 e. The molecular formula is C11H20N2O5. The first-order chi connectivity index (χ1) is 8.60. The number of nitrogens with one attached hydrogen (secondary N) is 1. The Morgan fingerprint density at radius 1 is 1.28 bits per heavy atom. The lowest BCUT2D eigenvalue weighted by Gasteiger charge is -2.29. The fourth-order valence-electron chi connectivity index (χ4n) is 2.19. The summed E-state index contributed by atoms with van der Waals surface area (Å²) in [5.74, 6) is -1.28. The molecule has 0 saturated heterocycles. The van der Waals surface area contributed by atoms with Crippen molar-refractivity contribution in [3.63, 3.8) is 0 Å². The first-order valence-corrected chi connectivity index (χ1v) is 6.11. The molecule has 7 nitrogen and oxygen atoms in total. The minimum atomic E-state index is -1.31. The van der Waals surface area contributed by atoms with Crippen molar-refractivity contribution < 1.29 is 24.9 Å². The second-order valence-electron chi connectivity index (χ2n) is 4.38. The Morgan fingerprint density at radius 2 is 1.89 bits per heavy atom. The summed E-state index contributed by atoms with van der Waals surface area (Å²) in [5, 5.41) is 28.8. The van der Waals surface area contributed by atoms with E-state index >= 15 is 0 Å². The average molecular weight is 260 g/mol. The Balaban J connectivity index is 2.60. The number of carbonyl (C=O) groups excluding carboxylic acids is 1. The summed E-state index contributed by atoms with van der Waals surface area (Å²) >= 11 is 0. The van der Waals surface area contributed by atoms with Gasteiger partial charge in [0.2, 0.25) is 0 Å². The van der Waals surface area contributed by atoms with Gasteiger partial charge in [-0.3, -0.25) is 0 Å². The van der Waals surface area contributed by atoms with Crippen LogP contribution in [0.25, 0.3) is 0 Å². The predicted molar refractivity (Wildman–Crippen MR) is 63.1 cm³/mol. The highest BCUT2D eigenvalue weighted by molar-refractivity contribution is 5.82. The number of rotatable bonds is 6. The number of carboxylic acids is 1. The van der Waals surface area contributed by atoms with Crippen LogP contribution in [-0.4, -0.2) is 64.1 Å². The summed E-state index contributed by atoms with van der Waals surface area (Å²) in [6.07, 6.45) is 3.79. The third-order valence-corrected chi connectivity index (χ3v) is 3.15. The second-order valence-corrected chi connectivity index (χ2v) is 4.38. The van der Waals surface area contributed by atoms with Crippen molar-refractivity contribution in [2.24, 2.45) is 0 Å². The van der Waals surface area contributed by atoms with Gasteiger partial charge in [0, 0.05) is 12.6 Å². The maximum Gasteiger partial charge on any atom is 0.328 e. The molecule has 1 unspecified atom stereocenters. The van der Waals surface area contributed by atoms with Gasteiger partial charge < -0.3 is 25.5 Å². The van der Waals surface area contributed by atoms with Gasteiger partial charge in [-0.25, -0.2) is 9.59 Å². The molecule has 104 valence electrons. The van der Waals surface area contributed by atoms with E-state index in [1.165, 1.54) is 4.90 Å². The number of carboxylic acid groups (broad SMARTS) is 1. The van der Waals surface area contributed by atoms with E-state index in [1.54, 1.807) is 0 Å². The number of amides is 2. The van der Waals surface area contributed by atoms with E-state index in [0.717, 1.165) is 25.7 Å². The van der Waals surface area contributed by atoms with Gasteiger partial charge in [0.05, 0.1) is 13.2 Å². The first kappa shape index (κ1) is 14.7. The third-order valence-electron chi connectivity index (χ3n) is 3.15. The second kappa shape index (κ2) is 7.17. The van der Waals surface area contributed by atoms with Crippen LogP contribution in [0.3, 0.4) is 0 Å². The summed E-state index contributed by atoms with van der Waals surface area (Å²) in [4.78, 5) is 24.1. The van der Waals surface area contributed by atoms with Crippen LogP contribution in [0.5, 0.6) is 0 Å². The van der Waals surface area contributed by atoms with E-state index in [-0.39, 0.29) is 19.2 Å². The Kier molecular flexibility index (Phi) is 5.87. The highest BCUT2D eigenvalue weighted by Gasteiger charge is 2.28. The minimum absolute atomic E-state index is 0.0466. The standard InChI is InChI=1S/C11H20N2O5/c14-6-5-13(8-3-1-2-4-8)11(18)12-9(7-15)10(16)17/h8-9,14-15H,1-7H2,(H,12,18)(H,16,17). The molecule has 2 amide bonds. The van der Waals surface area contributed by atoms with Crippen molar-refractivity contribution in [2.75, 3.05) is 19.8 Å². The van der Waals surface area contributed by atoms with Crippen molar-refractivity contribution in [1.82, 2.24) is 10.2 Å². The molecule has 1 atom stereocenters. The fraction of sp³-hybridized carbons (Fsp3) is 0.818. The number of hydrogen-bond acceptors (Lipinski definition) is 4. The van der Waals surface area contributed by atoms with E-state index < -0.39 is 24.6 Å². The van der Waals surface area contributed by atoms with Gasteiger partial charge in [0.1, 0.15) is 0 Å². The molecule has 1 aliphatic rings. The maximum atomic E-state index is 11.9. The van der Waals surface area contributed by atoms with Gasteiger partial charge >= 0.3 is 12.0 Å². The van der Waals surface area contributed by atoms with E-state index in [2.05, 4.69) is 5.32 Å². The number of urea groups is 1. The highest BCUT2D eigenvalue weighted by Crippen LogP contribution is 2.23. The van der Waals surface area contributed by atoms with E-state index in [4.69, 9.17) is 15.3 Å². The molecule has 4 N–H and O–H groups in total. The Hall–Kier alpha value is -1.34. The molecule has 1 fully saturated rings. The summed E-state index contributed by atoms with van der Waals surface area (Å²) in [7, 11) is 0. The number of carbonyl (C=O) groups is 2. The molecule has 1 rings (SSSR count). The largest absolute Gasteiger partial charge is 0.480 e. The summed E-state index contributed by atoms with van der Waals surface area (Å²) in [5.41, 5.74) is 0. The molecule has 7 heteroatoms. The zero-order valence-electron chi connectivity index (χ0n) is 10.2. The molecule has 1 aliphatic carbocycles. The summed E-state index contributed by atoms with van der Waals surface area (Å²) in [6.45, 7) is -0.645. The van der Waals surface area contributed by atoms with E-state index in [1.807, 2.05) is 0 Å². The Bertz CT molecular complexity index is 291. The lowest BCUT2D eigenvalue weighted by molar-refractivity contribution is -0.140. The average Bonchev–Trinajstić information content (AvgIpc) is 2.85. The predicted octanol–water partition coefficient (Wildman–Crippen LogP) is -0.622. The fourth-order valence-corrected chi connectivity index (χ4v) is 2.19. The molecule has 0 aromatic carbocycles. The normalized spacial score (nSPS) is 17.4. The molecule has 0 radical (unpaired) electrons. The zero-order chi connectivity index (χ0) is 13.5. The molecular weight excluding hydrogens is 240 g/mol. The van der Waals surface area contributed by atoms with Crippen LogP contribution in [0.15, 0.2) is 0 Å². The number of hydrogen-bond donors (Lipinski definition) is 4. The molecule has 0 aromatic rings. The zero-order valence-corrected chi connectivity index (χ0v) is 10.2. The van der Waals surface area contributed by atoms with E-state index in [0.29, 0.717) is 0 Å². The van der Waals surface area contributed by atoms with Gasteiger partial charge in [0.15, 0.2) is 6.04 Å². The SMILES string of the molecule is O=C(O)C(CO)NC(=O)N(CCO)C1CCCC1. The molecule has 0 aliphatic heterocycles. The van der Waals surface area contributed by atoms with Crippen molar-refractivity contribution in [1.29, 1.82) is 0 Å². The topological polar surface area (TPSA) is 110 Å². The van der Waals surface area contributed by atoms with Crippen molar-refractivity contribution in [3.8, 4) is 0 Å². The van der Waals surface area contributed by atoms with Crippen molar-refractivity contribution in [2.45, 2.75) is 37.8 Å². The molecule has 0 bridgehead atoms. The lowest BCUT2D eigenvalue weighted by atomic mass is 10.2. The van der Waals surface area contributed by atoms with Gasteiger partial charge in [-0.15, -0.1) is 0 Å². The van der Waals surface area contributed by atoms with Crippen LogP contribution in [0.2, 0.25) is 0 Å². The number of aliphatic hydroxyl groups excluding tert-OH is 2. The lowest BCUT2D eigenvalue weighted by Crippen LogP contribution is -2.52. The van der Waals surface area contributed by atoms with Crippen LogP contribution in [0.1, 0.15) is 25.7 Å². The van der Waals surface area contributed by atoms with Crippen LogP contribution >= 0.6 is 0 Å². The van der Waals surface area contributed by atoms with Gasteiger partial charge in [-0.2, -0.15) is 0 Å². The quantitative estimate of drug-likeness (QED) is 0.508. The van der Waals surface area contributed by atoms with Gasteiger partial charge in [0.25, 0.3) is 0 Å². The van der Waals surface area contributed by atoms with E-state index in [9.17, 15) is 9.59 Å². The van der Waals surface area contributed by atoms with Crippen molar-refractivity contribution in [3.05, 3.63) is 0 Å². The monoisotopic (exact) mass is 260 g/mol. The number of aliphatic hydroxyl groups is 2. The first-order valence-electron chi connectivity index (χ1n) is 6.11. The number of nitrogens with zero attached hydrogens (tertiary/aromatic N) is 1. The molecule has 0 spiro atoms. The molecule has 1 saturated carbocycles. The maximum absolute atomic E-state index is 11.9. The van der Waals surface area contributed by atoms with Crippen molar-refractivity contribution >= 4 is 12.0 Å². The molecule has 0 aromatic heterocycles. The summed E-state index contributed by atoms with van der Waals surface area (Å²) < 4.78 is 0. The van der Waals surface area contributed by atoms with Crippen LogP contribution in [0.4, 0.5) is 4.79 Å². The Morgan fingerprint density at radius 3 is 2.33 bits per heavy atom. The van der Waals surface area contributed by atoms with Crippen LogP contribution in [0, 0.1) is 0 Å². The van der Waals surface area contributed by atoms with Crippen LogP contribution < -0.4 is 5.32 Å². The smallest absolute Gasteiger partial charge is 0.328 e. The molecule has 18 heavy (non-hydrogen) atoms. The molecule has 0 heterocycles. The third kappa shape index (κ3) is 3.85. The highest BCUT2D eigenvalue weighted by atomic mass is 16.4. The van der Waals surface area contributed by atoms with Gasteiger partial charge in [-0.1, -0.05) is 12.8 Å². The Labute approximate surface area is 105 Å². The summed E-state index contributed by atoms with van der Waals surface area (Å²) in [6, 6.07) is -1.80. The van der Waals surface area contributed by atoms with Gasteiger partial charge in [-0.05, 0) is 12.8 Å². The van der Waals surface area contributed by atoms with Crippen LogP contribution in [-0.2, 0) is 4.79 Å². The number of aliphatic carboxylic acids is 1.